The van der Waals surface area contributed by atoms with Crippen LogP contribution in [0.5, 0.6) is 11.6 Å². The van der Waals surface area contributed by atoms with Gasteiger partial charge >= 0.3 is 5.97 Å². The van der Waals surface area contributed by atoms with E-state index >= 15 is 0 Å². The molecule has 126 valence electrons. The number of carboxylic acid groups (broad SMARTS) is 1. The lowest BCUT2D eigenvalue weighted by Crippen LogP contribution is -2.04. The van der Waals surface area contributed by atoms with Crippen molar-refractivity contribution in [2.75, 3.05) is 7.11 Å². The van der Waals surface area contributed by atoms with Gasteiger partial charge in [-0.3, -0.25) is 0 Å². The summed E-state index contributed by atoms with van der Waals surface area (Å²) in [6, 6.07) is 18.2. The quantitative estimate of drug-likeness (QED) is 0.736. The average molecular weight is 335 g/mol. The van der Waals surface area contributed by atoms with E-state index in [0.717, 1.165) is 11.1 Å². The van der Waals surface area contributed by atoms with Gasteiger partial charge in [-0.2, -0.15) is 0 Å². The first-order valence-electron chi connectivity index (χ1n) is 7.72. The Bertz CT molecular complexity index is 878. The number of ether oxygens (including phenoxy) is 2. The van der Waals surface area contributed by atoms with Crippen LogP contribution >= 0.6 is 0 Å². The molecule has 0 saturated heterocycles. The molecule has 5 heteroatoms. The lowest BCUT2D eigenvalue weighted by Gasteiger charge is -2.12. The van der Waals surface area contributed by atoms with Crippen LogP contribution in [-0.4, -0.2) is 23.2 Å². The molecular weight excluding hydrogens is 318 g/mol. The van der Waals surface area contributed by atoms with Gasteiger partial charge in [-0.15, -0.1) is 0 Å². The molecule has 3 rings (SSSR count). The number of aromatic carboxylic acids is 1. The molecule has 0 aliphatic carbocycles. The fraction of sp³-hybridized carbons (Fsp3) is 0.100. The number of aromatic nitrogens is 1. The number of nitrogens with zero attached hydrogens (tertiary/aromatic N) is 1. The Labute approximate surface area is 145 Å². The third-order valence-corrected chi connectivity index (χ3v) is 3.72. The first-order valence-corrected chi connectivity index (χ1v) is 7.72. The molecule has 1 heterocycles. The lowest BCUT2D eigenvalue weighted by atomic mass is 10.0. The van der Waals surface area contributed by atoms with Crippen LogP contribution in [0.4, 0.5) is 0 Å². The second kappa shape index (κ2) is 7.49. The van der Waals surface area contributed by atoms with Gasteiger partial charge in [0.05, 0.1) is 7.11 Å². The van der Waals surface area contributed by atoms with Crippen molar-refractivity contribution in [1.29, 1.82) is 0 Å². The molecule has 0 unspecified atom stereocenters. The summed E-state index contributed by atoms with van der Waals surface area (Å²) < 4.78 is 11.0. The topological polar surface area (TPSA) is 68.7 Å². The van der Waals surface area contributed by atoms with E-state index in [4.69, 9.17) is 9.47 Å². The molecule has 0 bridgehead atoms. The summed E-state index contributed by atoms with van der Waals surface area (Å²) in [6.45, 7) is 0.302. The summed E-state index contributed by atoms with van der Waals surface area (Å²) in [7, 11) is 1.53. The van der Waals surface area contributed by atoms with Gasteiger partial charge in [0.1, 0.15) is 17.9 Å². The van der Waals surface area contributed by atoms with Crippen LogP contribution in [0.15, 0.2) is 66.9 Å². The number of hydrogen-bond donors (Lipinski definition) is 1. The van der Waals surface area contributed by atoms with Crippen LogP contribution in [0.1, 0.15) is 15.9 Å². The number of pyridine rings is 1. The van der Waals surface area contributed by atoms with Crippen LogP contribution < -0.4 is 9.47 Å². The van der Waals surface area contributed by atoms with E-state index in [-0.39, 0.29) is 5.56 Å². The van der Waals surface area contributed by atoms with Crippen molar-refractivity contribution < 1.29 is 19.4 Å². The van der Waals surface area contributed by atoms with Gasteiger partial charge in [0.25, 0.3) is 0 Å². The number of carboxylic acids is 1. The highest BCUT2D eigenvalue weighted by atomic mass is 16.5. The molecule has 0 saturated carbocycles. The Hall–Kier alpha value is -3.34. The average Bonchev–Trinajstić information content (AvgIpc) is 2.67. The molecule has 0 amide bonds. The van der Waals surface area contributed by atoms with Crippen LogP contribution in [-0.2, 0) is 6.61 Å². The SMILES string of the molecule is COc1ncccc1-c1ccc(OCc2ccccc2)c(C(=O)O)c1. The predicted octanol–water partition coefficient (Wildman–Crippen LogP) is 4.03. The first kappa shape index (κ1) is 16.5. The number of methoxy groups -OCH3 is 1. The monoisotopic (exact) mass is 335 g/mol. The predicted molar refractivity (Wildman–Crippen MR) is 94.0 cm³/mol. The zero-order valence-corrected chi connectivity index (χ0v) is 13.7. The smallest absolute Gasteiger partial charge is 0.339 e. The van der Waals surface area contributed by atoms with E-state index in [9.17, 15) is 9.90 Å². The van der Waals surface area contributed by atoms with E-state index in [2.05, 4.69) is 4.98 Å². The molecule has 0 radical (unpaired) electrons. The minimum Gasteiger partial charge on any atom is -0.488 e. The minimum atomic E-state index is -1.05. The van der Waals surface area contributed by atoms with E-state index < -0.39 is 5.97 Å². The molecule has 0 spiro atoms. The second-order valence-electron chi connectivity index (χ2n) is 5.35. The van der Waals surface area contributed by atoms with Crippen molar-refractivity contribution >= 4 is 5.97 Å². The second-order valence-corrected chi connectivity index (χ2v) is 5.35. The number of benzene rings is 2. The zero-order valence-electron chi connectivity index (χ0n) is 13.7. The van der Waals surface area contributed by atoms with E-state index in [0.29, 0.717) is 23.8 Å². The molecule has 0 aliphatic heterocycles. The van der Waals surface area contributed by atoms with Crippen molar-refractivity contribution in [3.05, 3.63) is 78.0 Å². The van der Waals surface area contributed by atoms with Gasteiger partial charge < -0.3 is 14.6 Å². The number of carbonyl (C=O) groups is 1. The van der Waals surface area contributed by atoms with Crippen molar-refractivity contribution in [3.8, 4) is 22.8 Å². The largest absolute Gasteiger partial charge is 0.488 e. The fourth-order valence-corrected chi connectivity index (χ4v) is 2.50. The summed E-state index contributed by atoms with van der Waals surface area (Å²) in [6.07, 6.45) is 1.62. The Kier molecular flexibility index (Phi) is 4.95. The number of rotatable bonds is 6. The van der Waals surface area contributed by atoms with Crippen molar-refractivity contribution in [3.63, 3.8) is 0 Å². The van der Waals surface area contributed by atoms with Crippen molar-refractivity contribution in [1.82, 2.24) is 4.98 Å². The molecule has 25 heavy (non-hydrogen) atoms. The highest BCUT2D eigenvalue weighted by molar-refractivity contribution is 5.93. The molecule has 3 aromatic rings. The molecule has 1 aromatic heterocycles. The maximum Gasteiger partial charge on any atom is 0.339 e. The fourth-order valence-electron chi connectivity index (χ4n) is 2.50. The summed E-state index contributed by atoms with van der Waals surface area (Å²) in [5.41, 5.74) is 2.49. The Morgan fingerprint density at radius 3 is 2.60 bits per heavy atom. The third-order valence-electron chi connectivity index (χ3n) is 3.72. The molecule has 1 N–H and O–H groups in total. The van der Waals surface area contributed by atoms with Crippen LogP contribution in [0.3, 0.4) is 0 Å². The molecule has 0 atom stereocenters. The van der Waals surface area contributed by atoms with E-state index in [1.807, 2.05) is 36.4 Å². The summed E-state index contributed by atoms with van der Waals surface area (Å²) >= 11 is 0. The third kappa shape index (κ3) is 3.77. The maximum absolute atomic E-state index is 11.6. The van der Waals surface area contributed by atoms with Crippen molar-refractivity contribution in [2.24, 2.45) is 0 Å². The van der Waals surface area contributed by atoms with E-state index in [1.54, 1.807) is 30.5 Å². The molecule has 5 nitrogen and oxygen atoms in total. The van der Waals surface area contributed by atoms with Crippen molar-refractivity contribution in [2.45, 2.75) is 6.61 Å². The zero-order chi connectivity index (χ0) is 17.6. The standard InChI is InChI=1S/C20H17NO4/c1-24-19-16(8-5-11-21-19)15-9-10-18(17(12-15)20(22)23)25-13-14-6-3-2-4-7-14/h2-12H,13H2,1H3,(H,22,23). The first-order chi connectivity index (χ1) is 12.2. The summed E-state index contributed by atoms with van der Waals surface area (Å²) in [5, 5.41) is 9.53. The number of hydrogen-bond acceptors (Lipinski definition) is 4. The molecular formula is C20H17NO4. The summed E-state index contributed by atoms with van der Waals surface area (Å²) in [4.78, 5) is 15.8. The van der Waals surface area contributed by atoms with Crippen LogP contribution in [0, 0.1) is 0 Å². The Morgan fingerprint density at radius 2 is 1.88 bits per heavy atom. The van der Waals surface area contributed by atoms with E-state index in [1.165, 1.54) is 7.11 Å². The lowest BCUT2D eigenvalue weighted by molar-refractivity contribution is 0.0692. The highest BCUT2D eigenvalue weighted by Crippen LogP contribution is 2.31. The normalized spacial score (nSPS) is 10.3. The van der Waals surface area contributed by atoms with Crippen LogP contribution in [0.2, 0.25) is 0 Å². The van der Waals surface area contributed by atoms with Gasteiger partial charge in [0.15, 0.2) is 0 Å². The minimum absolute atomic E-state index is 0.0966. The van der Waals surface area contributed by atoms with Gasteiger partial charge in [0.2, 0.25) is 5.88 Å². The van der Waals surface area contributed by atoms with Gasteiger partial charge in [-0.25, -0.2) is 9.78 Å². The highest BCUT2D eigenvalue weighted by Gasteiger charge is 2.15. The molecule has 0 fully saturated rings. The van der Waals surface area contributed by atoms with Crippen LogP contribution in [0.25, 0.3) is 11.1 Å². The van der Waals surface area contributed by atoms with Gasteiger partial charge in [-0.1, -0.05) is 36.4 Å². The van der Waals surface area contributed by atoms with Gasteiger partial charge in [-0.05, 0) is 35.4 Å². The molecule has 2 aromatic carbocycles. The Morgan fingerprint density at radius 1 is 1.08 bits per heavy atom. The maximum atomic E-state index is 11.6. The molecule has 0 aliphatic rings. The summed E-state index contributed by atoms with van der Waals surface area (Å²) in [5.74, 6) is -0.285. The van der Waals surface area contributed by atoms with Gasteiger partial charge in [0, 0.05) is 11.8 Å². The Balaban J connectivity index is 1.92.